The molecule has 0 amide bonds. The van der Waals surface area contributed by atoms with Gasteiger partial charge in [-0.25, -0.2) is 17.2 Å². The second kappa shape index (κ2) is 6.83. The summed E-state index contributed by atoms with van der Waals surface area (Å²) in [6, 6.07) is 4.07. The third kappa shape index (κ3) is 4.37. The zero-order valence-electron chi connectivity index (χ0n) is 11.4. The molecule has 0 aliphatic heterocycles. The lowest BCUT2D eigenvalue weighted by Crippen LogP contribution is -2.04. The van der Waals surface area contributed by atoms with Crippen molar-refractivity contribution in [1.29, 1.82) is 0 Å². The molecular formula is C13H20F2O2S. The predicted octanol–water partition coefficient (Wildman–Crippen LogP) is 4.18. The van der Waals surface area contributed by atoms with Crippen LogP contribution in [0.3, 0.4) is 0 Å². The van der Waals surface area contributed by atoms with E-state index in [4.69, 9.17) is 0 Å². The fourth-order valence-electron chi connectivity index (χ4n) is 1.41. The Bertz CT molecular complexity index is 480. The number of hydrogen-bond acceptors (Lipinski definition) is 2. The van der Waals surface area contributed by atoms with Crippen LogP contribution in [0, 0.1) is 0 Å². The van der Waals surface area contributed by atoms with Crippen molar-refractivity contribution in [2.75, 3.05) is 6.26 Å². The van der Waals surface area contributed by atoms with Crippen LogP contribution in [0.1, 0.15) is 51.2 Å². The van der Waals surface area contributed by atoms with E-state index in [2.05, 4.69) is 0 Å². The number of benzene rings is 1. The Labute approximate surface area is 108 Å². The maximum atomic E-state index is 12.6. The number of rotatable bonds is 3. The van der Waals surface area contributed by atoms with Crippen LogP contribution in [0.5, 0.6) is 0 Å². The zero-order valence-corrected chi connectivity index (χ0v) is 12.2. The molecule has 0 spiro atoms. The highest BCUT2D eigenvalue weighted by Gasteiger charge is 2.20. The molecule has 0 saturated carbocycles. The molecule has 0 fully saturated rings. The monoisotopic (exact) mass is 278 g/mol. The largest absolute Gasteiger partial charge is 0.265 e. The van der Waals surface area contributed by atoms with Crippen molar-refractivity contribution in [3.8, 4) is 0 Å². The van der Waals surface area contributed by atoms with Gasteiger partial charge < -0.3 is 0 Å². The van der Waals surface area contributed by atoms with Crippen molar-refractivity contribution < 1.29 is 17.2 Å². The predicted molar refractivity (Wildman–Crippen MR) is 69.9 cm³/mol. The summed E-state index contributed by atoms with van der Waals surface area (Å²) in [6.07, 6.45) is -1.83. The normalized spacial score (nSPS) is 11.4. The lowest BCUT2D eigenvalue weighted by atomic mass is 10.0. The highest BCUT2D eigenvalue weighted by molar-refractivity contribution is 7.90. The van der Waals surface area contributed by atoms with Crippen LogP contribution in [0.2, 0.25) is 0 Å². The van der Waals surface area contributed by atoms with E-state index in [9.17, 15) is 17.2 Å². The Hall–Kier alpha value is -0.970. The average molecular weight is 278 g/mol. The maximum Gasteiger partial charge on any atom is 0.265 e. The first kappa shape index (κ1) is 17.0. The van der Waals surface area contributed by atoms with E-state index < -0.39 is 21.8 Å². The van der Waals surface area contributed by atoms with Gasteiger partial charge in [-0.05, 0) is 17.5 Å². The van der Waals surface area contributed by atoms with Gasteiger partial charge in [0.1, 0.15) is 0 Å². The van der Waals surface area contributed by atoms with E-state index in [1.165, 1.54) is 12.1 Å². The van der Waals surface area contributed by atoms with Gasteiger partial charge in [-0.2, -0.15) is 0 Å². The van der Waals surface area contributed by atoms with E-state index in [1.54, 1.807) is 6.07 Å². The van der Waals surface area contributed by atoms with Gasteiger partial charge >= 0.3 is 0 Å². The van der Waals surface area contributed by atoms with Gasteiger partial charge in [-0.3, -0.25) is 0 Å². The lowest BCUT2D eigenvalue weighted by molar-refractivity contribution is 0.148. The Kier molecular flexibility index (Phi) is 6.46. The van der Waals surface area contributed by atoms with E-state index in [0.717, 1.165) is 11.8 Å². The van der Waals surface area contributed by atoms with E-state index >= 15 is 0 Å². The molecule has 0 atom stereocenters. The Morgan fingerprint density at radius 1 is 1.11 bits per heavy atom. The minimum atomic E-state index is -3.61. The molecule has 104 valence electrons. The molecule has 0 heterocycles. The van der Waals surface area contributed by atoms with Gasteiger partial charge in [0.25, 0.3) is 6.43 Å². The van der Waals surface area contributed by atoms with E-state index in [0.29, 0.717) is 0 Å². The number of halogens is 2. The van der Waals surface area contributed by atoms with Gasteiger partial charge in [-0.15, -0.1) is 0 Å². The molecule has 5 heteroatoms. The zero-order chi connectivity index (χ0) is 14.5. The summed E-state index contributed by atoms with van der Waals surface area (Å²) in [7, 11) is -3.61. The third-order valence-electron chi connectivity index (χ3n) is 2.34. The van der Waals surface area contributed by atoms with Crippen molar-refractivity contribution in [3.05, 3.63) is 29.3 Å². The van der Waals surface area contributed by atoms with Crippen molar-refractivity contribution in [2.45, 2.75) is 44.9 Å². The van der Waals surface area contributed by atoms with Crippen LogP contribution >= 0.6 is 0 Å². The minimum Gasteiger partial charge on any atom is -0.224 e. The molecule has 0 bridgehead atoms. The van der Waals surface area contributed by atoms with Crippen molar-refractivity contribution in [1.82, 2.24) is 0 Å². The Balaban J connectivity index is 0.00000137. The van der Waals surface area contributed by atoms with Crippen LogP contribution in [0.25, 0.3) is 0 Å². The summed E-state index contributed by atoms with van der Waals surface area (Å²) >= 11 is 0. The molecule has 0 aliphatic rings. The van der Waals surface area contributed by atoms with Crippen molar-refractivity contribution in [2.24, 2.45) is 0 Å². The van der Waals surface area contributed by atoms with Crippen LogP contribution in [-0.2, 0) is 9.84 Å². The molecule has 0 radical (unpaired) electrons. The quantitative estimate of drug-likeness (QED) is 0.831. The summed E-state index contributed by atoms with van der Waals surface area (Å²) in [5.74, 6) is 0.104. The fourth-order valence-corrected chi connectivity index (χ4v) is 2.35. The summed E-state index contributed by atoms with van der Waals surface area (Å²) in [6.45, 7) is 7.76. The molecule has 1 aromatic carbocycles. The van der Waals surface area contributed by atoms with Gasteiger partial charge in [-0.1, -0.05) is 39.8 Å². The van der Waals surface area contributed by atoms with Crippen LogP contribution < -0.4 is 0 Å². The van der Waals surface area contributed by atoms with Crippen molar-refractivity contribution in [3.63, 3.8) is 0 Å². The van der Waals surface area contributed by atoms with Crippen LogP contribution in [-0.4, -0.2) is 14.7 Å². The smallest absolute Gasteiger partial charge is 0.224 e. The summed E-state index contributed by atoms with van der Waals surface area (Å²) < 4.78 is 48.1. The molecule has 0 N–H and O–H groups in total. The van der Waals surface area contributed by atoms with Crippen LogP contribution in [0.15, 0.2) is 23.1 Å². The van der Waals surface area contributed by atoms with Crippen LogP contribution in [0.4, 0.5) is 8.78 Å². The number of sulfone groups is 1. The molecule has 1 rings (SSSR count). The number of alkyl halides is 2. The summed E-state index contributed by atoms with van der Waals surface area (Å²) in [4.78, 5) is -0.270. The molecule has 2 nitrogen and oxygen atoms in total. The molecule has 18 heavy (non-hydrogen) atoms. The fraction of sp³-hybridized carbons (Fsp3) is 0.538. The number of hydrogen-bond donors (Lipinski definition) is 0. The van der Waals surface area contributed by atoms with E-state index in [-0.39, 0.29) is 10.8 Å². The molecule has 0 aliphatic carbocycles. The van der Waals surface area contributed by atoms with Gasteiger partial charge in [0.15, 0.2) is 9.84 Å². The molecule has 0 saturated heterocycles. The average Bonchev–Trinajstić information content (AvgIpc) is 2.29. The molecule has 0 aromatic heterocycles. The first-order chi connectivity index (χ1) is 8.23. The highest BCUT2D eigenvalue weighted by atomic mass is 32.2. The molecule has 0 unspecified atom stereocenters. The first-order valence-corrected chi connectivity index (χ1v) is 7.74. The third-order valence-corrected chi connectivity index (χ3v) is 3.49. The molecular weight excluding hydrogens is 258 g/mol. The second-order valence-electron chi connectivity index (χ2n) is 4.02. The SMILES string of the molecule is CC.CC(C)c1ccc(C(F)F)c(S(C)(=O)=O)c1. The summed E-state index contributed by atoms with van der Waals surface area (Å²) in [5, 5.41) is 0. The minimum absolute atomic E-state index is 0.104. The maximum absolute atomic E-state index is 12.6. The van der Waals surface area contributed by atoms with E-state index in [1.807, 2.05) is 27.7 Å². The first-order valence-electron chi connectivity index (χ1n) is 5.85. The molecule has 1 aromatic rings. The standard InChI is InChI=1S/C11H14F2O2S.C2H6/c1-7(2)8-4-5-9(11(12)13)10(6-8)16(3,14)15;1-2/h4-7,11H,1-3H3;1-2H3. The van der Waals surface area contributed by atoms with Gasteiger partial charge in [0.05, 0.1) is 4.90 Å². The lowest BCUT2D eigenvalue weighted by Gasteiger charge is -2.11. The second-order valence-corrected chi connectivity index (χ2v) is 6.01. The van der Waals surface area contributed by atoms with Gasteiger partial charge in [0.2, 0.25) is 0 Å². The highest BCUT2D eigenvalue weighted by Crippen LogP contribution is 2.29. The van der Waals surface area contributed by atoms with Crippen molar-refractivity contribution >= 4 is 9.84 Å². The van der Waals surface area contributed by atoms with Gasteiger partial charge in [0, 0.05) is 11.8 Å². The Morgan fingerprint density at radius 3 is 1.94 bits per heavy atom. The Morgan fingerprint density at radius 2 is 1.61 bits per heavy atom. The topological polar surface area (TPSA) is 34.1 Å². The summed E-state index contributed by atoms with van der Waals surface area (Å²) in [5.41, 5.74) is 0.316.